The molecule has 2 nitrogen and oxygen atoms in total. The van der Waals surface area contributed by atoms with Crippen LogP contribution >= 0.6 is 0 Å². The second-order valence-electron chi connectivity index (χ2n) is 7.04. The van der Waals surface area contributed by atoms with Crippen LogP contribution in [0.3, 0.4) is 0 Å². The first kappa shape index (κ1) is 13.6. The number of allylic oxidation sites excluding steroid dienone is 1. The first-order valence-electron chi connectivity index (χ1n) is 7.07. The molecule has 0 spiro atoms. The smallest absolute Gasteiger partial charge is 0.313 e. The zero-order valence-electron chi connectivity index (χ0n) is 12.4. The Morgan fingerprint density at radius 2 is 2.00 bits per heavy atom. The van der Waals surface area contributed by atoms with Gasteiger partial charge in [0.05, 0.1) is 13.0 Å². The lowest BCUT2D eigenvalue weighted by atomic mass is 9.49. The first-order chi connectivity index (χ1) is 8.33. The van der Waals surface area contributed by atoms with Crippen molar-refractivity contribution in [2.24, 2.45) is 22.7 Å². The summed E-state index contributed by atoms with van der Waals surface area (Å²) in [5.41, 5.74) is 1.61. The second-order valence-corrected chi connectivity index (χ2v) is 7.04. The van der Waals surface area contributed by atoms with Gasteiger partial charge in [0.25, 0.3) is 0 Å². The molecular weight excluding hydrogens is 224 g/mol. The fraction of sp³-hybridized carbons (Fsp3) is 0.812. The molecule has 0 bridgehead atoms. The summed E-state index contributed by atoms with van der Waals surface area (Å²) in [7, 11) is 1.51. The molecular formula is C16H26O2. The molecule has 1 fully saturated rings. The monoisotopic (exact) mass is 250 g/mol. The molecule has 0 saturated heterocycles. The Labute approximate surface area is 111 Å². The van der Waals surface area contributed by atoms with E-state index in [1.165, 1.54) is 25.5 Å². The van der Waals surface area contributed by atoms with Crippen LogP contribution in [0.5, 0.6) is 0 Å². The van der Waals surface area contributed by atoms with Crippen LogP contribution in [0, 0.1) is 22.7 Å². The Hall–Kier alpha value is -0.790. The van der Waals surface area contributed by atoms with Gasteiger partial charge in [-0.3, -0.25) is 4.79 Å². The molecule has 1 saturated carbocycles. The number of carbonyl (C=O) groups excluding carboxylic acids is 1. The number of ether oxygens (including phenoxy) is 1. The summed E-state index contributed by atoms with van der Waals surface area (Å²) in [6.07, 6.45) is 7.02. The van der Waals surface area contributed by atoms with Crippen LogP contribution < -0.4 is 0 Å². The van der Waals surface area contributed by atoms with Crippen LogP contribution in [0.2, 0.25) is 0 Å². The lowest BCUT2D eigenvalue weighted by Crippen LogP contribution is -2.50. The standard InChI is InChI=1S/C16H26O2/c1-11-7-8-12-15(2,3)9-6-10-16(12,4)13(11)14(17)18-5/h7,12-13H,6,8-10H2,1-5H3/t12?,13-,16+/m1/s1. The third-order valence-electron chi connectivity index (χ3n) is 5.50. The predicted molar refractivity (Wildman–Crippen MR) is 73.1 cm³/mol. The van der Waals surface area contributed by atoms with Gasteiger partial charge in [-0.1, -0.05) is 38.8 Å². The fourth-order valence-electron chi connectivity index (χ4n) is 4.61. The lowest BCUT2D eigenvalue weighted by Gasteiger charge is -2.55. The van der Waals surface area contributed by atoms with E-state index < -0.39 is 0 Å². The molecule has 2 rings (SSSR count). The summed E-state index contributed by atoms with van der Waals surface area (Å²) < 4.78 is 5.06. The van der Waals surface area contributed by atoms with E-state index in [1.54, 1.807) is 0 Å². The van der Waals surface area contributed by atoms with Crippen molar-refractivity contribution < 1.29 is 9.53 Å². The van der Waals surface area contributed by atoms with Crippen LogP contribution in [0.4, 0.5) is 0 Å². The number of methoxy groups -OCH3 is 1. The number of carbonyl (C=O) groups is 1. The Kier molecular flexibility index (Phi) is 3.33. The molecule has 0 radical (unpaired) electrons. The van der Waals surface area contributed by atoms with E-state index in [2.05, 4.69) is 33.8 Å². The molecule has 0 aromatic heterocycles. The third-order valence-corrected chi connectivity index (χ3v) is 5.50. The molecule has 2 aliphatic carbocycles. The van der Waals surface area contributed by atoms with E-state index >= 15 is 0 Å². The van der Waals surface area contributed by atoms with Gasteiger partial charge in [0, 0.05) is 0 Å². The third kappa shape index (κ3) is 1.90. The van der Waals surface area contributed by atoms with Gasteiger partial charge in [0.1, 0.15) is 0 Å². The predicted octanol–water partition coefficient (Wildman–Crippen LogP) is 3.96. The number of rotatable bonds is 1. The van der Waals surface area contributed by atoms with Crippen molar-refractivity contribution in [2.45, 2.75) is 53.4 Å². The largest absolute Gasteiger partial charge is 0.469 e. The minimum Gasteiger partial charge on any atom is -0.469 e. The quantitative estimate of drug-likeness (QED) is 0.520. The first-order valence-corrected chi connectivity index (χ1v) is 7.07. The van der Waals surface area contributed by atoms with Crippen LogP contribution in [-0.4, -0.2) is 13.1 Å². The van der Waals surface area contributed by atoms with Gasteiger partial charge in [-0.05, 0) is 42.9 Å². The molecule has 0 aromatic carbocycles. The summed E-state index contributed by atoms with van der Waals surface area (Å²) in [6, 6.07) is 0. The van der Waals surface area contributed by atoms with Crippen LogP contribution in [0.1, 0.15) is 53.4 Å². The highest BCUT2D eigenvalue weighted by Crippen LogP contribution is 2.59. The van der Waals surface area contributed by atoms with Crippen molar-refractivity contribution in [3.63, 3.8) is 0 Å². The lowest BCUT2D eigenvalue weighted by molar-refractivity contribution is -0.154. The van der Waals surface area contributed by atoms with Gasteiger partial charge in [0.15, 0.2) is 0 Å². The minimum atomic E-state index is -0.0475. The van der Waals surface area contributed by atoms with E-state index in [9.17, 15) is 4.79 Å². The highest BCUT2D eigenvalue weighted by molar-refractivity contribution is 5.77. The van der Waals surface area contributed by atoms with Crippen LogP contribution in [0.25, 0.3) is 0 Å². The topological polar surface area (TPSA) is 26.3 Å². The molecule has 0 heterocycles. The minimum absolute atomic E-state index is 0.0409. The van der Waals surface area contributed by atoms with Crippen molar-refractivity contribution in [3.8, 4) is 0 Å². The maximum absolute atomic E-state index is 12.2. The number of esters is 1. The van der Waals surface area contributed by atoms with Crippen molar-refractivity contribution in [1.29, 1.82) is 0 Å². The molecule has 18 heavy (non-hydrogen) atoms. The molecule has 3 atom stereocenters. The van der Waals surface area contributed by atoms with Gasteiger partial charge < -0.3 is 4.74 Å². The van der Waals surface area contributed by atoms with Crippen molar-refractivity contribution in [2.75, 3.05) is 7.11 Å². The highest BCUT2D eigenvalue weighted by Gasteiger charge is 2.54. The summed E-state index contributed by atoms with van der Waals surface area (Å²) >= 11 is 0. The molecule has 2 aliphatic rings. The summed E-state index contributed by atoms with van der Waals surface area (Å²) in [5.74, 6) is 0.501. The van der Waals surface area contributed by atoms with Crippen molar-refractivity contribution in [3.05, 3.63) is 11.6 Å². The van der Waals surface area contributed by atoms with E-state index in [0.29, 0.717) is 11.3 Å². The maximum Gasteiger partial charge on any atom is 0.313 e. The Morgan fingerprint density at radius 3 is 2.61 bits per heavy atom. The van der Waals surface area contributed by atoms with Crippen molar-refractivity contribution >= 4 is 5.97 Å². The zero-order valence-corrected chi connectivity index (χ0v) is 12.4. The molecule has 102 valence electrons. The SMILES string of the molecule is COC(=O)[C@H]1C(C)=CCC2C(C)(C)CCC[C@@]21C. The summed E-state index contributed by atoms with van der Waals surface area (Å²) in [6.45, 7) is 9.11. The van der Waals surface area contributed by atoms with E-state index in [1.807, 2.05) is 0 Å². The summed E-state index contributed by atoms with van der Waals surface area (Å²) in [5, 5.41) is 0. The van der Waals surface area contributed by atoms with Crippen LogP contribution in [0.15, 0.2) is 11.6 Å². The average molecular weight is 250 g/mol. The van der Waals surface area contributed by atoms with E-state index in [4.69, 9.17) is 4.74 Å². The van der Waals surface area contributed by atoms with Gasteiger partial charge in [-0.25, -0.2) is 0 Å². The number of hydrogen-bond acceptors (Lipinski definition) is 2. The molecule has 0 aromatic rings. The Bertz CT molecular complexity index is 381. The Morgan fingerprint density at radius 1 is 1.33 bits per heavy atom. The van der Waals surface area contributed by atoms with Crippen LogP contribution in [-0.2, 0) is 9.53 Å². The molecule has 0 N–H and O–H groups in total. The highest BCUT2D eigenvalue weighted by atomic mass is 16.5. The average Bonchev–Trinajstić information content (AvgIpc) is 2.26. The molecule has 0 aliphatic heterocycles. The van der Waals surface area contributed by atoms with E-state index in [-0.39, 0.29) is 17.3 Å². The maximum atomic E-state index is 12.2. The molecule has 2 heteroatoms. The molecule has 1 unspecified atom stereocenters. The van der Waals surface area contributed by atoms with E-state index in [0.717, 1.165) is 12.8 Å². The Balaban J connectivity index is 2.44. The number of fused-ring (bicyclic) bond motifs is 1. The van der Waals surface area contributed by atoms with Gasteiger partial charge >= 0.3 is 5.97 Å². The molecule has 0 amide bonds. The van der Waals surface area contributed by atoms with Gasteiger partial charge in [0.2, 0.25) is 0 Å². The normalized spacial score (nSPS) is 38.6. The second kappa shape index (κ2) is 4.40. The summed E-state index contributed by atoms with van der Waals surface area (Å²) in [4.78, 5) is 12.2. The van der Waals surface area contributed by atoms with Crippen molar-refractivity contribution in [1.82, 2.24) is 0 Å². The van der Waals surface area contributed by atoms with Gasteiger partial charge in [-0.15, -0.1) is 0 Å². The van der Waals surface area contributed by atoms with Gasteiger partial charge in [-0.2, -0.15) is 0 Å². The number of hydrogen-bond donors (Lipinski definition) is 0. The fourth-order valence-corrected chi connectivity index (χ4v) is 4.61. The zero-order chi connectivity index (χ0) is 13.6.